The van der Waals surface area contributed by atoms with E-state index in [2.05, 4.69) is 70.8 Å². The van der Waals surface area contributed by atoms with Crippen LogP contribution >= 0.6 is 0 Å². The minimum Gasteiger partial charge on any atom is -0.511 e. The Labute approximate surface area is 249 Å². The van der Waals surface area contributed by atoms with Crippen molar-refractivity contribution in [2.24, 2.45) is 27.7 Å². The topological polar surface area (TPSA) is 74.1 Å². The number of carbonyl (C=O) groups excluding carboxylic acids is 1. The molecule has 5 nitrogen and oxygen atoms in total. The molecule has 4 heterocycles. The van der Waals surface area contributed by atoms with E-state index in [4.69, 9.17) is 9.98 Å². The van der Waals surface area contributed by atoms with Gasteiger partial charge in [0.05, 0.1) is 22.8 Å². The van der Waals surface area contributed by atoms with Gasteiger partial charge in [0.1, 0.15) is 11.5 Å². The van der Waals surface area contributed by atoms with Crippen LogP contribution in [0.5, 0.6) is 0 Å². The van der Waals surface area contributed by atoms with E-state index in [0.717, 1.165) is 86.1 Å². The summed E-state index contributed by atoms with van der Waals surface area (Å²) < 4.78 is 0. The van der Waals surface area contributed by atoms with Gasteiger partial charge in [-0.1, -0.05) is 40.3 Å². The Kier molecular flexibility index (Phi) is 6.95. The van der Waals surface area contributed by atoms with Crippen LogP contribution in [-0.4, -0.2) is 22.3 Å². The Morgan fingerprint density at radius 2 is 1.86 bits per heavy atom. The van der Waals surface area contributed by atoms with Crippen molar-refractivity contribution in [3.63, 3.8) is 0 Å². The van der Waals surface area contributed by atoms with Crippen LogP contribution in [0.1, 0.15) is 74.1 Å². The maximum absolute atomic E-state index is 12.7. The zero-order valence-electron chi connectivity index (χ0n) is 25.9. The zero-order chi connectivity index (χ0) is 30.0. The van der Waals surface area contributed by atoms with Crippen LogP contribution in [0.25, 0.3) is 0 Å². The molecule has 5 heteroatoms. The lowest BCUT2D eigenvalue weighted by atomic mass is 9.84. The first-order chi connectivity index (χ1) is 20.0. The highest BCUT2D eigenvalue weighted by atomic mass is 16.3. The van der Waals surface area contributed by atoms with Crippen LogP contribution in [-0.2, 0) is 4.79 Å². The van der Waals surface area contributed by atoms with E-state index in [1.165, 1.54) is 11.1 Å². The molecule has 4 aliphatic heterocycles. The Morgan fingerprint density at radius 1 is 1.10 bits per heavy atom. The number of hydrogen-bond donors (Lipinski definition) is 2. The summed E-state index contributed by atoms with van der Waals surface area (Å²) in [5.41, 5.74) is 15.7. The molecule has 1 saturated heterocycles. The number of carbonyl (C=O) groups is 1. The third-order valence-corrected chi connectivity index (χ3v) is 9.85. The lowest BCUT2D eigenvalue weighted by molar-refractivity contribution is -0.122. The van der Waals surface area contributed by atoms with Gasteiger partial charge in [0.2, 0.25) is 0 Å². The second-order valence-electron chi connectivity index (χ2n) is 12.6. The average molecular weight is 560 g/mol. The minimum absolute atomic E-state index is 0.0135. The van der Waals surface area contributed by atoms with Gasteiger partial charge in [0, 0.05) is 58.7 Å². The summed E-state index contributed by atoms with van der Waals surface area (Å²) in [7, 11) is 0. The van der Waals surface area contributed by atoms with Gasteiger partial charge >= 0.3 is 0 Å². The summed E-state index contributed by atoms with van der Waals surface area (Å²) in [4.78, 5) is 23.0. The molecule has 0 aromatic carbocycles. The predicted molar refractivity (Wildman–Crippen MR) is 172 cm³/mol. The highest BCUT2D eigenvalue weighted by Crippen LogP contribution is 2.47. The standard InChI is InChI=1S/C37H41N3O2/c1-9-25-19(5)23-13-24(25)15-29-22(8)35-34(42)16-28(37(35)40-29)36-27(11-12-33(41)18(3)4)21(7)31(39-36)17-30-20(6)26(10-2)32(14-23)38-30/h10,13-15,17-18,21,27,39,42H,2,9,11-12,16H2,1,3-8H3. The fourth-order valence-electron chi connectivity index (χ4n) is 7.17. The van der Waals surface area contributed by atoms with Crippen molar-refractivity contribution < 1.29 is 9.90 Å². The fourth-order valence-corrected chi connectivity index (χ4v) is 7.17. The van der Waals surface area contributed by atoms with Crippen molar-refractivity contribution in [2.45, 2.75) is 74.1 Å². The number of Topliss-reactive ketones (excluding diaryl/α,β-unsaturated/α-hetero) is 1. The van der Waals surface area contributed by atoms with Gasteiger partial charge < -0.3 is 10.4 Å². The van der Waals surface area contributed by atoms with E-state index >= 15 is 0 Å². The van der Waals surface area contributed by atoms with Crippen molar-refractivity contribution in [3.05, 3.63) is 116 Å². The molecule has 8 bridgehead atoms. The number of allylic oxidation sites excluding steroid dienone is 15. The maximum atomic E-state index is 12.7. The fraction of sp³-hybridized carbons (Fsp3) is 0.378. The Bertz CT molecular complexity index is 1700. The molecule has 0 aromatic rings. The average Bonchev–Trinajstić information content (AvgIpc) is 3.70. The molecular weight excluding hydrogens is 518 g/mol. The van der Waals surface area contributed by atoms with Gasteiger partial charge in [-0.3, -0.25) is 4.79 Å². The van der Waals surface area contributed by atoms with Gasteiger partial charge in [-0.15, -0.1) is 0 Å². The van der Waals surface area contributed by atoms with Crippen LogP contribution in [0.4, 0.5) is 0 Å². The summed E-state index contributed by atoms with van der Waals surface area (Å²) in [5.74, 6) is 0.931. The van der Waals surface area contributed by atoms with Crippen LogP contribution in [0.2, 0.25) is 0 Å². The summed E-state index contributed by atoms with van der Waals surface area (Å²) in [6, 6.07) is 0. The van der Waals surface area contributed by atoms with Crippen molar-refractivity contribution in [2.75, 3.05) is 0 Å². The first kappa shape index (κ1) is 28.1. The first-order valence-corrected chi connectivity index (χ1v) is 15.3. The van der Waals surface area contributed by atoms with Crippen molar-refractivity contribution >= 4 is 17.2 Å². The SMILES string of the molecule is C=CC1=C(C)C2=NC1=CC1=CC(=CC3=C(C)C4=C(O)CC(=C5NC(=C2)C(C)C5CCC(=O)C(C)C)C4=N3)C(CC)=C1C. The maximum Gasteiger partial charge on any atom is 0.135 e. The zero-order valence-corrected chi connectivity index (χ0v) is 25.9. The summed E-state index contributed by atoms with van der Waals surface area (Å²) in [6.07, 6.45) is 13.3. The molecule has 2 N–H and O–H groups in total. The molecule has 0 amide bonds. The van der Waals surface area contributed by atoms with E-state index in [1.807, 2.05) is 19.9 Å². The Hall–Kier alpha value is -3.99. The number of ketones is 1. The number of nitrogens with zero attached hydrogens (tertiary/aromatic N) is 2. The molecule has 0 saturated carbocycles. The predicted octanol–water partition coefficient (Wildman–Crippen LogP) is 8.38. The van der Waals surface area contributed by atoms with E-state index in [0.29, 0.717) is 18.6 Å². The van der Waals surface area contributed by atoms with E-state index in [-0.39, 0.29) is 23.5 Å². The van der Waals surface area contributed by atoms with Crippen LogP contribution in [0.3, 0.4) is 0 Å². The number of aliphatic hydroxyl groups is 1. The number of fused-ring (bicyclic) bond motifs is 5. The molecular formula is C37H41N3O2. The normalized spacial score (nSPS) is 24.9. The molecule has 1 fully saturated rings. The molecule has 216 valence electrons. The molecule has 42 heavy (non-hydrogen) atoms. The number of aliphatic hydroxyl groups excluding tert-OH is 1. The second kappa shape index (κ2) is 10.4. The molecule has 0 aromatic heterocycles. The molecule has 2 atom stereocenters. The third-order valence-electron chi connectivity index (χ3n) is 9.85. The number of hydrogen-bond acceptors (Lipinski definition) is 5. The molecule has 2 unspecified atom stereocenters. The van der Waals surface area contributed by atoms with Crippen LogP contribution in [0, 0.1) is 17.8 Å². The van der Waals surface area contributed by atoms with Crippen LogP contribution in [0.15, 0.2) is 126 Å². The number of aliphatic imine (C=N–C) groups is 2. The van der Waals surface area contributed by atoms with Gasteiger partial charge in [0.25, 0.3) is 0 Å². The van der Waals surface area contributed by atoms with Gasteiger partial charge in [0.15, 0.2) is 0 Å². The van der Waals surface area contributed by atoms with E-state index < -0.39 is 0 Å². The van der Waals surface area contributed by atoms with Gasteiger partial charge in [-0.05, 0) is 91.4 Å². The molecule has 0 spiro atoms. The quantitative estimate of drug-likeness (QED) is 0.343. The number of rotatable bonds is 6. The second-order valence-corrected chi connectivity index (χ2v) is 12.6. The van der Waals surface area contributed by atoms with Gasteiger partial charge in [-0.25, -0.2) is 9.98 Å². The number of nitrogens with one attached hydrogen (secondary N) is 1. The van der Waals surface area contributed by atoms with E-state index in [9.17, 15) is 9.90 Å². The van der Waals surface area contributed by atoms with E-state index in [1.54, 1.807) is 0 Å². The summed E-state index contributed by atoms with van der Waals surface area (Å²) >= 11 is 0. The first-order valence-electron chi connectivity index (χ1n) is 15.3. The van der Waals surface area contributed by atoms with Crippen molar-refractivity contribution in [1.29, 1.82) is 0 Å². The highest BCUT2D eigenvalue weighted by molar-refractivity contribution is 6.21. The molecule has 6 rings (SSSR count). The van der Waals surface area contributed by atoms with Gasteiger partial charge in [-0.2, -0.15) is 0 Å². The Morgan fingerprint density at radius 3 is 2.55 bits per heavy atom. The van der Waals surface area contributed by atoms with Crippen molar-refractivity contribution in [1.82, 2.24) is 5.32 Å². The molecule has 6 aliphatic rings. The largest absolute Gasteiger partial charge is 0.511 e. The molecule has 0 radical (unpaired) electrons. The lowest BCUT2D eigenvalue weighted by Crippen LogP contribution is -2.16. The lowest BCUT2D eigenvalue weighted by Gasteiger charge is -2.18. The smallest absolute Gasteiger partial charge is 0.135 e. The Balaban J connectivity index is 1.58. The molecule has 2 aliphatic carbocycles. The third kappa shape index (κ3) is 4.33. The minimum atomic E-state index is 0.0135. The van der Waals surface area contributed by atoms with Crippen molar-refractivity contribution in [3.8, 4) is 0 Å². The summed E-state index contributed by atoms with van der Waals surface area (Å²) in [5, 5.41) is 15.0. The summed E-state index contributed by atoms with van der Waals surface area (Å²) in [6.45, 7) is 18.8. The van der Waals surface area contributed by atoms with Crippen LogP contribution < -0.4 is 5.32 Å². The highest BCUT2D eigenvalue weighted by Gasteiger charge is 2.41. The monoisotopic (exact) mass is 559 g/mol.